The fourth-order valence-corrected chi connectivity index (χ4v) is 1.42. The molecule has 6 heteroatoms. The predicted octanol–water partition coefficient (Wildman–Crippen LogP) is 1.53. The van der Waals surface area contributed by atoms with Crippen LogP contribution in [0.1, 0.15) is 20.7 Å². The summed E-state index contributed by atoms with van der Waals surface area (Å²) in [5.74, 6) is -2.03. The Morgan fingerprint density at radius 1 is 1.26 bits per heavy atom. The van der Waals surface area contributed by atoms with Crippen molar-refractivity contribution < 1.29 is 28.9 Å². The molecule has 0 fully saturated rings. The summed E-state index contributed by atoms with van der Waals surface area (Å²) in [7, 11) is 2.32. The van der Waals surface area contributed by atoms with E-state index < -0.39 is 17.7 Å². The van der Waals surface area contributed by atoms with Gasteiger partial charge < -0.3 is 19.3 Å². The highest BCUT2D eigenvalue weighted by Gasteiger charge is 2.24. The first-order chi connectivity index (χ1) is 9.06. The minimum Gasteiger partial charge on any atom is -0.506 e. The van der Waals surface area contributed by atoms with Crippen LogP contribution in [0, 0.1) is 0 Å². The molecule has 0 heterocycles. The van der Waals surface area contributed by atoms with Gasteiger partial charge in [0, 0.05) is 0 Å². The Labute approximate surface area is 110 Å². The van der Waals surface area contributed by atoms with Crippen molar-refractivity contribution in [3.05, 3.63) is 35.9 Å². The lowest BCUT2D eigenvalue weighted by Gasteiger charge is -2.12. The van der Waals surface area contributed by atoms with Crippen LogP contribution in [0.4, 0.5) is 0 Å². The lowest BCUT2D eigenvalue weighted by molar-refractivity contribution is 0.0589. The van der Waals surface area contributed by atoms with E-state index in [1.165, 1.54) is 25.3 Å². The highest BCUT2D eigenvalue weighted by molar-refractivity contribution is 6.01. The van der Waals surface area contributed by atoms with Gasteiger partial charge in [0.2, 0.25) is 0 Å². The minimum absolute atomic E-state index is 0.0944. The van der Waals surface area contributed by atoms with Crippen molar-refractivity contribution in [1.29, 1.82) is 0 Å². The van der Waals surface area contributed by atoms with Crippen molar-refractivity contribution >= 4 is 11.9 Å². The molecule has 1 rings (SSSR count). The fourth-order valence-electron chi connectivity index (χ4n) is 1.42. The van der Waals surface area contributed by atoms with Crippen molar-refractivity contribution in [2.75, 3.05) is 20.8 Å². The third kappa shape index (κ3) is 3.04. The van der Waals surface area contributed by atoms with Gasteiger partial charge >= 0.3 is 11.9 Å². The quantitative estimate of drug-likeness (QED) is 0.643. The van der Waals surface area contributed by atoms with E-state index in [1.54, 1.807) is 0 Å². The van der Waals surface area contributed by atoms with E-state index >= 15 is 0 Å². The molecule has 0 aliphatic carbocycles. The van der Waals surface area contributed by atoms with Crippen LogP contribution in [0.25, 0.3) is 0 Å². The van der Waals surface area contributed by atoms with Gasteiger partial charge in [-0.05, 0) is 12.1 Å². The predicted molar refractivity (Wildman–Crippen MR) is 66.5 cm³/mol. The number of carbonyl (C=O) groups excluding carboxylic acids is 2. The van der Waals surface area contributed by atoms with Gasteiger partial charge in [-0.3, -0.25) is 0 Å². The molecule has 0 radical (unpaired) electrons. The second kappa shape index (κ2) is 6.44. The number of phenols is 1. The zero-order valence-electron chi connectivity index (χ0n) is 10.6. The largest absolute Gasteiger partial charge is 0.506 e. The molecular weight excluding hydrogens is 252 g/mol. The first-order valence-corrected chi connectivity index (χ1v) is 5.33. The number of hydrogen-bond acceptors (Lipinski definition) is 6. The molecule has 1 N–H and O–H groups in total. The van der Waals surface area contributed by atoms with Crippen LogP contribution >= 0.6 is 0 Å². The van der Waals surface area contributed by atoms with Crippen molar-refractivity contribution in [2.24, 2.45) is 0 Å². The molecule has 0 amide bonds. The maximum absolute atomic E-state index is 11.6. The first-order valence-electron chi connectivity index (χ1n) is 5.33. The van der Waals surface area contributed by atoms with Gasteiger partial charge in [-0.15, -0.1) is 0 Å². The molecular formula is C13H14O6. The summed E-state index contributed by atoms with van der Waals surface area (Å²) in [6.07, 6.45) is 1.48. The van der Waals surface area contributed by atoms with Crippen LogP contribution in [0.15, 0.2) is 24.8 Å². The van der Waals surface area contributed by atoms with Crippen LogP contribution in [0.3, 0.4) is 0 Å². The fraction of sp³-hybridized carbons (Fsp3) is 0.231. The van der Waals surface area contributed by atoms with Crippen molar-refractivity contribution in [1.82, 2.24) is 0 Å². The monoisotopic (exact) mass is 266 g/mol. The van der Waals surface area contributed by atoms with Gasteiger partial charge in [0.1, 0.15) is 29.2 Å². The summed E-state index contributed by atoms with van der Waals surface area (Å²) in [5.41, 5.74) is -0.374. The third-order valence-electron chi connectivity index (χ3n) is 2.29. The van der Waals surface area contributed by atoms with E-state index in [0.29, 0.717) is 0 Å². The number of phenolic OH excluding ortho intramolecular Hbond substituents is 1. The summed E-state index contributed by atoms with van der Waals surface area (Å²) in [5, 5.41) is 9.96. The van der Waals surface area contributed by atoms with E-state index in [-0.39, 0.29) is 23.5 Å². The molecule has 0 atom stereocenters. The normalized spacial score (nSPS) is 9.58. The molecule has 0 bridgehead atoms. The number of ether oxygens (including phenoxy) is 3. The smallest absolute Gasteiger partial charge is 0.345 e. The van der Waals surface area contributed by atoms with Crippen molar-refractivity contribution in [3.8, 4) is 11.5 Å². The third-order valence-corrected chi connectivity index (χ3v) is 2.29. The highest BCUT2D eigenvalue weighted by atomic mass is 16.5. The van der Waals surface area contributed by atoms with Crippen LogP contribution in [-0.4, -0.2) is 37.9 Å². The second-order valence-corrected chi connectivity index (χ2v) is 3.42. The maximum atomic E-state index is 11.6. The van der Waals surface area contributed by atoms with E-state index in [1.807, 2.05) is 0 Å². The Morgan fingerprint density at radius 2 is 1.89 bits per heavy atom. The number of carbonyl (C=O) groups is 2. The standard InChI is InChI=1S/C13H14O6/c1-4-7-19-9-6-5-8(12(15)17-2)11(14)10(9)13(16)18-3/h4-6,14H,1,7H2,2-3H3. The highest BCUT2D eigenvalue weighted by Crippen LogP contribution is 2.32. The van der Waals surface area contributed by atoms with Crippen LogP contribution in [0.2, 0.25) is 0 Å². The Balaban J connectivity index is 3.35. The topological polar surface area (TPSA) is 82.1 Å². The molecule has 102 valence electrons. The average Bonchev–Trinajstić information content (AvgIpc) is 2.43. The Hall–Kier alpha value is -2.50. The number of aromatic hydroxyl groups is 1. The molecule has 1 aromatic carbocycles. The van der Waals surface area contributed by atoms with Crippen molar-refractivity contribution in [3.63, 3.8) is 0 Å². The van der Waals surface area contributed by atoms with Crippen molar-refractivity contribution in [2.45, 2.75) is 0 Å². The number of rotatable bonds is 5. The summed E-state index contributed by atoms with van der Waals surface area (Å²) < 4.78 is 14.3. The number of hydrogen-bond donors (Lipinski definition) is 1. The Kier molecular flexibility index (Phi) is 4.93. The van der Waals surface area contributed by atoms with Gasteiger partial charge in [-0.1, -0.05) is 12.7 Å². The molecule has 1 aromatic rings. The number of benzene rings is 1. The number of esters is 2. The molecule has 0 unspecified atom stereocenters. The number of methoxy groups -OCH3 is 2. The van der Waals surface area contributed by atoms with Gasteiger partial charge in [0.15, 0.2) is 0 Å². The summed E-state index contributed by atoms with van der Waals surface area (Å²) in [4.78, 5) is 23.1. The molecule has 0 saturated heterocycles. The van der Waals surface area contributed by atoms with Crippen LogP contribution in [0.5, 0.6) is 11.5 Å². The van der Waals surface area contributed by atoms with Gasteiger partial charge in [0.05, 0.1) is 14.2 Å². The van der Waals surface area contributed by atoms with E-state index in [9.17, 15) is 14.7 Å². The summed E-state index contributed by atoms with van der Waals surface area (Å²) in [6, 6.07) is 2.67. The molecule has 19 heavy (non-hydrogen) atoms. The molecule has 6 nitrogen and oxygen atoms in total. The molecule has 0 aliphatic heterocycles. The van der Waals surface area contributed by atoms with Crippen LogP contribution < -0.4 is 4.74 Å². The average molecular weight is 266 g/mol. The van der Waals surface area contributed by atoms with Gasteiger partial charge in [0.25, 0.3) is 0 Å². The lowest BCUT2D eigenvalue weighted by atomic mass is 10.1. The van der Waals surface area contributed by atoms with Crippen LogP contribution in [-0.2, 0) is 9.47 Å². The van der Waals surface area contributed by atoms with E-state index in [4.69, 9.17) is 4.74 Å². The lowest BCUT2D eigenvalue weighted by Crippen LogP contribution is -2.10. The molecule has 0 aliphatic rings. The zero-order valence-corrected chi connectivity index (χ0v) is 10.6. The SMILES string of the molecule is C=CCOc1ccc(C(=O)OC)c(O)c1C(=O)OC. The molecule has 0 saturated carbocycles. The van der Waals surface area contributed by atoms with E-state index in [0.717, 1.165) is 7.11 Å². The Morgan fingerprint density at radius 3 is 2.42 bits per heavy atom. The Bertz CT molecular complexity index is 506. The molecule has 0 spiro atoms. The van der Waals surface area contributed by atoms with E-state index in [2.05, 4.69) is 16.1 Å². The first kappa shape index (κ1) is 14.6. The summed E-state index contributed by atoms with van der Waals surface area (Å²) >= 11 is 0. The second-order valence-electron chi connectivity index (χ2n) is 3.42. The maximum Gasteiger partial charge on any atom is 0.345 e. The van der Waals surface area contributed by atoms with Gasteiger partial charge in [-0.2, -0.15) is 0 Å². The summed E-state index contributed by atoms with van der Waals surface area (Å²) in [6.45, 7) is 3.61. The zero-order chi connectivity index (χ0) is 14.4. The molecule has 0 aromatic heterocycles. The van der Waals surface area contributed by atoms with Gasteiger partial charge in [-0.25, -0.2) is 9.59 Å². The minimum atomic E-state index is -0.817.